The SMILES string of the molecule is Fc1cnc(NC2CCCNC2)nc1. The molecule has 0 spiro atoms. The highest BCUT2D eigenvalue weighted by Gasteiger charge is 2.13. The van der Waals surface area contributed by atoms with E-state index in [9.17, 15) is 4.39 Å². The van der Waals surface area contributed by atoms with Crippen LogP contribution in [0, 0.1) is 5.82 Å². The monoisotopic (exact) mass is 196 g/mol. The second-order valence-electron chi connectivity index (χ2n) is 3.41. The van der Waals surface area contributed by atoms with Gasteiger partial charge in [-0.25, -0.2) is 14.4 Å². The molecule has 0 radical (unpaired) electrons. The first kappa shape index (κ1) is 9.33. The van der Waals surface area contributed by atoms with Crippen LogP contribution in [-0.4, -0.2) is 29.1 Å². The molecule has 1 atom stereocenters. The standard InChI is InChI=1S/C9H13FN4/c10-7-4-12-9(13-5-7)14-8-2-1-3-11-6-8/h4-5,8,11H,1-3,6H2,(H,12,13,14). The van der Waals surface area contributed by atoms with Gasteiger partial charge in [0.25, 0.3) is 0 Å². The Morgan fingerprint density at radius 3 is 2.86 bits per heavy atom. The number of nitrogens with zero attached hydrogens (tertiary/aromatic N) is 2. The van der Waals surface area contributed by atoms with Gasteiger partial charge in [-0.05, 0) is 19.4 Å². The predicted octanol–water partition coefficient (Wildman–Crippen LogP) is 0.780. The number of hydrogen-bond acceptors (Lipinski definition) is 4. The molecule has 1 saturated heterocycles. The summed E-state index contributed by atoms with van der Waals surface area (Å²) < 4.78 is 12.5. The summed E-state index contributed by atoms with van der Waals surface area (Å²) in [5.74, 6) is 0.0948. The second-order valence-corrected chi connectivity index (χ2v) is 3.41. The van der Waals surface area contributed by atoms with Gasteiger partial charge in [-0.1, -0.05) is 0 Å². The molecule has 14 heavy (non-hydrogen) atoms. The highest BCUT2D eigenvalue weighted by molar-refractivity contribution is 5.24. The highest BCUT2D eigenvalue weighted by Crippen LogP contribution is 2.07. The third-order valence-corrected chi connectivity index (χ3v) is 2.25. The molecule has 0 amide bonds. The molecule has 4 nitrogen and oxygen atoms in total. The lowest BCUT2D eigenvalue weighted by molar-refractivity contribution is 0.477. The summed E-state index contributed by atoms with van der Waals surface area (Å²) in [6, 6.07) is 0.356. The van der Waals surface area contributed by atoms with Crippen LogP contribution in [0.15, 0.2) is 12.4 Å². The third kappa shape index (κ3) is 2.38. The Kier molecular flexibility index (Phi) is 2.88. The highest BCUT2D eigenvalue weighted by atomic mass is 19.1. The molecule has 2 rings (SSSR count). The largest absolute Gasteiger partial charge is 0.350 e. The van der Waals surface area contributed by atoms with Crippen LogP contribution in [-0.2, 0) is 0 Å². The van der Waals surface area contributed by atoms with Gasteiger partial charge in [-0.15, -0.1) is 0 Å². The molecule has 1 aromatic heterocycles. The Hall–Kier alpha value is -1.23. The summed E-state index contributed by atoms with van der Waals surface area (Å²) in [5, 5.41) is 6.43. The molecule has 76 valence electrons. The van der Waals surface area contributed by atoms with Crippen LogP contribution in [0.4, 0.5) is 10.3 Å². The summed E-state index contributed by atoms with van der Waals surface area (Å²) in [4.78, 5) is 7.69. The van der Waals surface area contributed by atoms with Crippen LogP contribution in [0.3, 0.4) is 0 Å². The Morgan fingerprint density at radius 2 is 2.21 bits per heavy atom. The van der Waals surface area contributed by atoms with Gasteiger partial charge in [-0.2, -0.15) is 0 Å². The Bertz CT molecular complexity index is 281. The van der Waals surface area contributed by atoms with Crippen molar-refractivity contribution in [3.8, 4) is 0 Å². The average molecular weight is 196 g/mol. The Morgan fingerprint density at radius 1 is 1.43 bits per heavy atom. The maximum atomic E-state index is 12.5. The minimum Gasteiger partial charge on any atom is -0.350 e. The van der Waals surface area contributed by atoms with Crippen molar-refractivity contribution >= 4 is 5.95 Å². The number of anilines is 1. The van der Waals surface area contributed by atoms with E-state index in [1.165, 1.54) is 12.4 Å². The van der Waals surface area contributed by atoms with E-state index >= 15 is 0 Å². The zero-order valence-corrected chi connectivity index (χ0v) is 7.83. The summed E-state index contributed by atoms with van der Waals surface area (Å²) in [5.41, 5.74) is 0. The van der Waals surface area contributed by atoms with E-state index in [0.29, 0.717) is 12.0 Å². The number of halogens is 1. The van der Waals surface area contributed by atoms with E-state index in [0.717, 1.165) is 25.9 Å². The second kappa shape index (κ2) is 4.32. The minimum absolute atomic E-state index is 0.356. The van der Waals surface area contributed by atoms with Gasteiger partial charge < -0.3 is 10.6 Å². The van der Waals surface area contributed by atoms with Gasteiger partial charge in [0.2, 0.25) is 5.95 Å². The summed E-state index contributed by atoms with van der Waals surface area (Å²) in [6.07, 6.45) is 4.60. The zero-order valence-electron chi connectivity index (χ0n) is 7.83. The molecular weight excluding hydrogens is 183 g/mol. The van der Waals surface area contributed by atoms with Crippen LogP contribution in [0.1, 0.15) is 12.8 Å². The van der Waals surface area contributed by atoms with Crippen molar-refractivity contribution in [1.29, 1.82) is 0 Å². The fourth-order valence-corrected chi connectivity index (χ4v) is 1.54. The molecule has 1 fully saturated rings. The van der Waals surface area contributed by atoms with Crippen molar-refractivity contribution in [3.63, 3.8) is 0 Å². The molecule has 1 aromatic rings. The number of hydrogen-bond donors (Lipinski definition) is 2. The number of nitrogens with one attached hydrogen (secondary N) is 2. The van der Waals surface area contributed by atoms with Gasteiger partial charge in [0.1, 0.15) is 0 Å². The fraction of sp³-hybridized carbons (Fsp3) is 0.556. The van der Waals surface area contributed by atoms with Crippen molar-refractivity contribution in [2.75, 3.05) is 18.4 Å². The lowest BCUT2D eigenvalue weighted by Gasteiger charge is -2.23. The summed E-state index contributed by atoms with van der Waals surface area (Å²) in [6.45, 7) is 1.99. The lowest BCUT2D eigenvalue weighted by atomic mass is 10.1. The fourth-order valence-electron chi connectivity index (χ4n) is 1.54. The number of rotatable bonds is 2. The van der Waals surface area contributed by atoms with Crippen LogP contribution in [0.5, 0.6) is 0 Å². The minimum atomic E-state index is -0.405. The molecular formula is C9H13FN4. The normalized spacial score (nSPS) is 21.9. The molecule has 5 heteroatoms. The van der Waals surface area contributed by atoms with Gasteiger partial charge in [-0.3, -0.25) is 0 Å². The molecule has 1 aliphatic rings. The van der Waals surface area contributed by atoms with Gasteiger partial charge >= 0.3 is 0 Å². The van der Waals surface area contributed by atoms with Gasteiger partial charge in [0.15, 0.2) is 5.82 Å². The third-order valence-electron chi connectivity index (χ3n) is 2.25. The van der Waals surface area contributed by atoms with E-state index < -0.39 is 5.82 Å². The lowest BCUT2D eigenvalue weighted by Crippen LogP contribution is -2.38. The molecule has 0 aliphatic carbocycles. The van der Waals surface area contributed by atoms with Crippen LogP contribution in [0.25, 0.3) is 0 Å². The smallest absolute Gasteiger partial charge is 0.223 e. The van der Waals surface area contributed by atoms with Crippen molar-refractivity contribution in [3.05, 3.63) is 18.2 Å². The van der Waals surface area contributed by atoms with Gasteiger partial charge in [0.05, 0.1) is 12.4 Å². The first-order valence-corrected chi connectivity index (χ1v) is 4.79. The maximum absolute atomic E-state index is 12.5. The molecule has 0 bridgehead atoms. The number of aromatic nitrogens is 2. The van der Waals surface area contributed by atoms with Crippen LogP contribution < -0.4 is 10.6 Å². The first-order valence-electron chi connectivity index (χ1n) is 4.79. The van der Waals surface area contributed by atoms with Crippen molar-refractivity contribution in [2.24, 2.45) is 0 Å². The van der Waals surface area contributed by atoms with Gasteiger partial charge in [0, 0.05) is 12.6 Å². The van der Waals surface area contributed by atoms with Crippen LogP contribution in [0.2, 0.25) is 0 Å². The van der Waals surface area contributed by atoms with E-state index in [2.05, 4.69) is 20.6 Å². The average Bonchev–Trinajstić information content (AvgIpc) is 2.23. The van der Waals surface area contributed by atoms with E-state index in [-0.39, 0.29) is 0 Å². The Balaban J connectivity index is 1.92. The number of piperidine rings is 1. The molecule has 1 aliphatic heterocycles. The first-order chi connectivity index (χ1) is 6.84. The van der Waals surface area contributed by atoms with Crippen molar-refractivity contribution < 1.29 is 4.39 Å². The van der Waals surface area contributed by atoms with E-state index in [1.807, 2.05) is 0 Å². The topological polar surface area (TPSA) is 49.8 Å². The predicted molar refractivity (Wildman–Crippen MR) is 51.5 cm³/mol. The van der Waals surface area contributed by atoms with Crippen LogP contribution >= 0.6 is 0 Å². The zero-order chi connectivity index (χ0) is 9.80. The van der Waals surface area contributed by atoms with Crippen molar-refractivity contribution in [2.45, 2.75) is 18.9 Å². The molecule has 0 aromatic carbocycles. The summed E-state index contributed by atoms with van der Waals surface area (Å²) >= 11 is 0. The molecule has 1 unspecified atom stereocenters. The van der Waals surface area contributed by atoms with E-state index in [4.69, 9.17) is 0 Å². The Labute approximate surface area is 82.0 Å². The van der Waals surface area contributed by atoms with E-state index in [1.54, 1.807) is 0 Å². The molecule has 2 heterocycles. The van der Waals surface area contributed by atoms with Crippen molar-refractivity contribution in [1.82, 2.24) is 15.3 Å². The molecule has 2 N–H and O–H groups in total. The molecule has 0 saturated carbocycles. The maximum Gasteiger partial charge on any atom is 0.223 e. The summed E-state index contributed by atoms with van der Waals surface area (Å²) in [7, 11) is 0. The quantitative estimate of drug-likeness (QED) is 0.734.